The second kappa shape index (κ2) is 5.90. The number of nitrogens with zero attached hydrogens (tertiary/aromatic N) is 4. The number of carbonyl (C=O) groups is 1. The van der Waals surface area contributed by atoms with Gasteiger partial charge in [-0.05, 0) is 5.41 Å². The van der Waals surface area contributed by atoms with Gasteiger partial charge < -0.3 is 15.6 Å². The van der Waals surface area contributed by atoms with Gasteiger partial charge in [0.25, 0.3) is 5.91 Å². The molecule has 3 N–H and O–H groups in total. The van der Waals surface area contributed by atoms with Gasteiger partial charge in [-0.25, -0.2) is 15.0 Å². The summed E-state index contributed by atoms with van der Waals surface area (Å²) in [6.45, 7) is 6.81. The van der Waals surface area contributed by atoms with E-state index in [2.05, 4.69) is 41.0 Å². The van der Waals surface area contributed by atoms with E-state index in [1.807, 2.05) is 10.8 Å². The molecule has 2 heterocycles. The lowest BCUT2D eigenvalue weighted by Gasteiger charge is -2.31. The molecule has 0 spiro atoms. The van der Waals surface area contributed by atoms with Gasteiger partial charge in [-0.15, -0.1) is 0 Å². The van der Waals surface area contributed by atoms with Crippen LogP contribution >= 0.6 is 0 Å². The van der Waals surface area contributed by atoms with E-state index >= 15 is 0 Å². The molecular weight excluding hydrogens is 268 g/mol. The largest absolute Gasteiger partial charge is 0.382 e. The Morgan fingerprint density at radius 3 is 2.62 bits per heavy atom. The number of nitrogen functional groups attached to an aromatic ring is 1. The van der Waals surface area contributed by atoms with Crippen LogP contribution in [0, 0.1) is 5.41 Å². The maximum Gasteiger partial charge on any atom is 0.274 e. The number of carbonyl (C=O) groups excluding carboxylic acids is 1. The smallest absolute Gasteiger partial charge is 0.274 e. The van der Waals surface area contributed by atoms with E-state index in [1.54, 1.807) is 12.5 Å². The Labute approximate surface area is 123 Å². The fraction of sp³-hybridized carbons (Fsp3) is 0.429. The number of imidazole rings is 1. The van der Waals surface area contributed by atoms with Crippen LogP contribution in [0.3, 0.4) is 0 Å². The molecule has 21 heavy (non-hydrogen) atoms. The zero-order chi connectivity index (χ0) is 15.5. The molecule has 2 rings (SSSR count). The monoisotopic (exact) mass is 288 g/mol. The highest BCUT2D eigenvalue weighted by Gasteiger charge is 2.28. The second-order valence-electron chi connectivity index (χ2n) is 5.94. The summed E-state index contributed by atoms with van der Waals surface area (Å²) in [7, 11) is 0. The third-order valence-corrected chi connectivity index (χ3v) is 3.24. The molecule has 0 aliphatic heterocycles. The fourth-order valence-corrected chi connectivity index (χ4v) is 1.89. The van der Waals surface area contributed by atoms with Gasteiger partial charge in [0.1, 0.15) is 0 Å². The number of anilines is 1. The summed E-state index contributed by atoms with van der Waals surface area (Å²) in [5.74, 6) is -0.189. The molecule has 1 atom stereocenters. The van der Waals surface area contributed by atoms with Gasteiger partial charge in [-0.3, -0.25) is 4.79 Å². The fourth-order valence-electron chi connectivity index (χ4n) is 1.89. The maximum atomic E-state index is 12.3. The number of hydrogen-bond acceptors (Lipinski definition) is 5. The van der Waals surface area contributed by atoms with Gasteiger partial charge in [0, 0.05) is 31.3 Å². The first-order valence-corrected chi connectivity index (χ1v) is 6.71. The van der Waals surface area contributed by atoms with Gasteiger partial charge in [0.2, 0.25) is 0 Å². The Bertz CT molecular complexity index is 602. The number of nitrogens with one attached hydrogen (secondary N) is 1. The summed E-state index contributed by atoms with van der Waals surface area (Å²) in [5.41, 5.74) is 5.71. The van der Waals surface area contributed by atoms with Gasteiger partial charge in [-0.2, -0.15) is 0 Å². The third-order valence-electron chi connectivity index (χ3n) is 3.24. The summed E-state index contributed by atoms with van der Waals surface area (Å²) in [5, 5.41) is 2.98. The van der Waals surface area contributed by atoms with E-state index in [0.29, 0.717) is 6.54 Å². The van der Waals surface area contributed by atoms with E-state index in [-0.39, 0.29) is 28.9 Å². The molecule has 2 aromatic rings. The highest BCUT2D eigenvalue weighted by Crippen LogP contribution is 2.21. The predicted octanol–water partition coefficient (Wildman–Crippen LogP) is 1.10. The zero-order valence-corrected chi connectivity index (χ0v) is 12.4. The van der Waals surface area contributed by atoms with E-state index in [0.717, 1.165) is 0 Å². The molecule has 0 saturated heterocycles. The molecule has 0 fully saturated rings. The lowest BCUT2D eigenvalue weighted by molar-refractivity contribution is 0.0888. The van der Waals surface area contributed by atoms with Crippen LogP contribution in [-0.4, -0.2) is 31.5 Å². The van der Waals surface area contributed by atoms with Crippen molar-refractivity contribution >= 4 is 11.7 Å². The van der Waals surface area contributed by atoms with E-state index in [1.165, 1.54) is 12.4 Å². The van der Waals surface area contributed by atoms with Crippen molar-refractivity contribution in [2.75, 3.05) is 5.73 Å². The van der Waals surface area contributed by atoms with Crippen molar-refractivity contribution < 1.29 is 4.79 Å². The molecule has 1 unspecified atom stereocenters. The molecule has 2 aromatic heterocycles. The average Bonchev–Trinajstić information content (AvgIpc) is 2.90. The third kappa shape index (κ3) is 3.77. The van der Waals surface area contributed by atoms with E-state index in [4.69, 9.17) is 5.73 Å². The lowest BCUT2D eigenvalue weighted by atomic mass is 9.86. The Balaban J connectivity index is 2.16. The minimum absolute atomic E-state index is 0.0967. The molecule has 0 bridgehead atoms. The van der Waals surface area contributed by atoms with Crippen molar-refractivity contribution in [3.8, 4) is 0 Å². The highest BCUT2D eigenvalue weighted by molar-refractivity contribution is 5.96. The minimum atomic E-state index is -0.319. The average molecular weight is 288 g/mol. The van der Waals surface area contributed by atoms with Crippen LogP contribution in [0.5, 0.6) is 0 Å². The first-order chi connectivity index (χ1) is 9.88. The first-order valence-electron chi connectivity index (χ1n) is 6.71. The highest BCUT2D eigenvalue weighted by atomic mass is 16.2. The van der Waals surface area contributed by atoms with Crippen LogP contribution in [0.4, 0.5) is 5.82 Å². The van der Waals surface area contributed by atoms with Crippen molar-refractivity contribution in [3.05, 3.63) is 36.8 Å². The Morgan fingerprint density at radius 2 is 2.05 bits per heavy atom. The van der Waals surface area contributed by atoms with Crippen molar-refractivity contribution in [3.63, 3.8) is 0 Å². The molecular formula is C14H20N6O. The summed E-state index contributed by atoms with van der Waals surface area (Å²) in [4.78, 5) is 24.2. The van der Waals surface area contributed by atoms with Crippen LogP contribution < -0.4 is 11.1 Å². The quantitative estimate of drug-likeness (QED) is 0.877. The minimum Gasteiger partial charge on any atom is -0.382 e. The Morgan fingerprint density at radius 1 is 1.33 bits per heavy atom. The van der Waals surface area contributed by atoms with E-state index in [9.17, 15) is 4.79 Å². The molecule has 7 heteroatoms. The predicted molar refractivity (Wildman–Crippen MR) is 79.4 cm³/mol. The second-order valence-corrected chi connectivity index (χ2v) is 5.94. The van der Waals surface area contributed by atoms with Crippen LogP contribution in [0.15, 0.2) is 31.1 Å². The number of hydrogen-bond donors (Lipinski definition) is 2. The maximum absolute atomic E-state index is 12.3. The van der Waals surface area contributed by atoms with Gasteiger partial charge >= 0.3 is 0 Å². The molecule has 0 aliphatic carbocycles. The Hall–Kier alpha value is -2.44. The Kier molecular flexibility index (Phi) is 4.21. The number of amides is 1. The lowest BCUT2D eigenvalue weighted by Crippen LogP contribution is -2.46. The molecule has 7 nitrogen and oxygen atoms in total. The van der Waals surface area contributed by atoms with Crippen molar-refractivity contribution in [2.24, 2.45) is 5.41 Å². The van der Waals surface area contributed by atoms with Crippen LogP contribution in [0.2, 0.25) is 0 Å². The molecule has 112 valence electrons. The molecule has 0 aliphatic rings. The summed E-state index contributed by atoms with van der Waals surface area (Å²) >= 11 is 0. The summed E-state index contributed by atoms with van der Waals surface area (Å²) in [6, 6.07) is -0.0967. The van der Waals surface area contributed by atoms with Gasteiger partial charge in [-0.1, -0.05) is 20.8 Å². The zero-order valence-electron chi connectivity index (χ0n) is 12.4. The summed E-state index contributed by atoms with van der Waals surface area (Å²) < 4.78 is 1.93. The topological polar surface area (TPSA) is 98.7 Å². The SMILES string of the molecule is CC(C)(C)C(Cn1ccnc1)NC(=O)c1nccnc1N. The number of rotatable bonds is 4. The van der Waals surface area contributed by atoms with Crippen LogP contribution in [0.1, 0.15) is 31.3 Å². The molecule has 0 radical (unpaired) electrons. The number of nitrogens with two attached hydrogens (primary N) is 1. The molecule has 1 amide bonds. The first kappa shape index (κ1) is 15.0. The van der Waals surface area contributed by atoms with Crippen molar-refractivity contribution in [1.82, 2.24) is 24.8 Å². The molecule has 0 aromatic carbocycles. The number of aromatic nitrogens is 4. The van der Waals surface area contributed by atoms with Crippen LogP contribution in [0.25, 0.3) is 0 Å². The van der Waals surface area contributed by atoms with E-state index < -0.39 is 0 Å². The van der Waals surface area contributed by atoms with Crippen molar-refractivity contribution in [2.45, 2.75) is 33.4 Å². The van der Waals surface area contributed by atoms with Crippen LogP contribution in [-0.2, 0) is 6.54 Å². The summed E-state index contributed by atoms with van der Waals surface area (Å²) in [6.07, 6.45) is 8.21. The van der Waals surface area contributed by atoms with Gasteiger partial charge in [0.05, 0.1) is 12.4 Å². The molecule has 0 saturated carbocycles. The standard InChI is InChI=1S/C14H20N6O/c1-14(2,3)10(8-20-7-6-16-9-20)19-13(21)11-12(15)18-5-4-17-11/h4-7,9-10H,8H2,1-3H3,(H2,15,18)(H,19,21). The normalized spacial score (nSPS) is 12.9. The van der Waals surface area contributed by atoms with Gasteiger partial charge in [0.15, 0.2) is 11.5 Å². The van der Waals surface area contributed by atoms with Crippen molar-refractivity contribution in [1.29, 1.82) is 0 Å².